The van der Waals surface area contributed by atoms with Gasteiger partial charge in [-0.05, 0) is 44.0 Å². The van der Waals surface area contributed by atoms with E-state index in [2.05, 4.69) is 16.5 Å². The van der Waals surface area contributed by atoms with Crippen molar-refractivity contribution in [1.82, 2.24) is 4.72 Å². The molecule has 6 heteroatoms. The molecule has 2 rings (SSSR count). The summed E-state index contributed by atoms with van der Waals surface area (Å²) in [5.41, 5.74) is 7.43. The largest absolute Gasteiger partial charge is 0.397 e. The number of hydrogen-bond donors (Lipinski definition) is 2. The highest BCUT2D eigenvalue weighted by Crippen LogP contribution is 2.30. The van der Waals surface area contributed by atoms with Gasteiger partial charge < -0.3 is 10.6 Å². The Morgan fingerprint density at radius 2 is 1.95 bits per heavy atom. The van der Waals surface area contributed by atoms with Crippen LogP contribution >= 0.6 is 0 Å². The van der Waals surface area contributed by atoms with Crippen molar-refractivity contribution in [3.63, 3.8) is 0 Å². The third-order valence-corrected chi connectivity index (χ3v) is 5.12. The molecule has 0 amide bonds. The standard InChI is InChI=1S/C13H21N3O2S/c1-10-5-7-16(8-6-10)13-9-11(3-4-12(13)14)19(17,18)15-2/h3-4,9-10,15H,5-8,14H2,1-2H3. The van der Waals surface area contributed by atoms with Crippen molar-refractivity contribution in [2.24, 2.45) is 5.92 Å². The van der Waals surface area contributed by atoms with Crippen LogP contribution in [0, 0.1) is 5.92 Å². The van der Waals surface area contributed by atoms with Crippen LogP contribution in [0.15, 0.2) is 23.1 Å². The first-order chi connectivity index (χ1) is 8.94. The number of nitrogens with zero attached hydrogens (tertiary/aromatic N) is 1. The molecule has 0 aliphatic carbocycles. The van der Waals surface area contributed by atoms with Crippen molar-refractivity contribution in [3.8, 4) is 0 Å². The maximum Gasteiger partial charge on any atom is 0.240 e. The van der Waals surface area contributed by atoms with Gasteiger partial charge in [-0.1, -0.05) is 6.92 Å². The smallest absolute Gasteiger partial charge is 0.240 e. The number of sulfonamides is 1. The minimum atomic E-state index is -3.42. The van der Waals surface area contributed by atoms with Gasteiger partial charge in [0.1, 0.15) is 0 Å². The van der Waals surface area contributed by atoms with Crippen LogP contribution < -0.4 is 15.4 Å². The molecule has 3 N–H and O–H groups in total. The quantitative estimate of drug-likeness (QED) is 0.823. The lowest BCUT2D eigenvalue weighted by atomic mass is 9.98. The fourth-order valence-electron chi connectivity index (χ4n) is 2.33. The Labute approximate surface area is 114 Å². The summed E-state index contributed by atoms with van der Waals surface area (Å²) < 4.78 is 26.0. The number of benzene rings is 1. The summed E-state index contributed by atoms with van der Waals surface area (Å²) in [7, 11) is -2.01. The number of piperidine rings is 1. The van der Waals surface area contributed by atoms with E-state index < -0.39 is 10.0 Å². The van der Waals surface area contributed by atoms with Crippen LogP contribution in [0.2, 0.25) is 0 Å². The van der Waals surface area contributed by atoms with E-state index in [4.69, 9.17) is 5.73 Å². The van der Waals surface area contributed by atoms with Crippen molar-refractivity contribution >= 4 is 21.4 Å². The van der Waals surface area contributed by atoms with E-state index in [0.717, 1.165) is 37.5 Å². The van der Waals surface area contributed by atoms with Gasteiger partial charge in [0, 0.05) is 13.1 Å². The maximum atomic E-state index is 11.8. The van der Waals surface area contributed by atoms with Crippen molar-refractivity contribution in [1.29, 1.82) is 0 Å². The fraction of sp³-hybridized carbons (Fsp3) is 0.538. The predicted octanol–water partition coefficient (Wildman–Crippen LogP) is 1.41. The monoisotopic (exact) mass is 283 g/mol. The molecule has 0 unspecified atom stereocenters. The average molecular weight is 283 g/mol. The first kappa shape index (κ1) is 14.1. The van der Waals surface area contributed by atoms with E-state index in [1.54, 1.807) is 12.1 Å². The van der Waals surface area contributed by atoms with Gasteiger partial charge >= 0.3 is 0 Å². The van der Waals surface area contributed by atoms with Crippen LogP contribution in [0.25, 0.3) is 0 Å². The minimum Gasteiger partial charge on any atom is -0.397 e. The molecule has 1 heterocycles. The van der Waals surface area contributed by atoms with Crippen molar-refractivity contribution in [2.45, 2.75) is 24.7 Å². The lowest BCUT2D eigenvalue weighted by Gasteiger charge is -2.33. The Balaban J connectivity index is 2.33. The van der Waals surface area contributed by atoms with E-state index in [9.17, 15) is 8.42 Å². The van der Waals surface area contributed by atoms with E-state index >= 15 is 0 Å². The molecule has 0 spiro atoms. The Bertz CT molecular complexity index is 549. The first-order valence-electron chi connectivity index (χ1n) is 6.52. The second kappa shape index (κ2) is 5.38. The minimum absolute atomic E-state index is 0.262. The molecule has 1 aliphatic rings. The van der Waals surface area contributed by atoms with Gasteiger partial charge in [-0.15, -0.1) is 0 Å². The summed E-state index contributed by atoms with van der Waals surface area (Å²) in [6.07, 6.45) is 2.23. The van der Waals surface area contributed by atoms with Crippen LogP contribution in [0.5, 0.6) is 0 Å². The number of anilines is 2. The fourth-order valence-corrected chi connectivity index (χ4v) is 3.08. The van der Waals surface area contributed by atoms with Crippen molar-refractivity contribution in [2.75, 3.05) is 30.8 Å². The molecule has 1 aromatic carbocycles. The van der Waals surface area contributed by atoms with Crippen LogP contribution in [-0.4, -0.2) is 28.6 Å². The van der Waals surface area contributed by atoms with Crippen LogP contribution in [0.4, 0.5) is 11.4 Å². The third kappa shape index (κ3) is 3.01. The summed E-state index contributed by atoms with van der Waals surface area (Å²) in [5.74, 6) is 0.724. The van der Waals surface area contributed by atoms with Crippen LogP contribution in [0.3, 0.4) is 0 Å². The zero-order valence-electron chi connectivity index (χ0n) is 11.4. The SMILES string of the molecule is CNS(=O)(=O)c1ccc(N)c(N2CCC(C)CC2)c1. The maximum absolute atomic E-state index is 11.8. The highest BCUT2D eigenvalue weighted by Gasteiger charge is 2.20. The van der Waals surface area contributed by atoms with Gasteiger partial charge in [-0.3, -0.25) is 0 Å². The van der Waals surface area contributed by atoms with Gasteiger partial charge in [0.25, 0.3) is 0 Å². The lowest BCUT2D eigenvalue weighted by molar-refractivity contribution is 0.438. The third-order valence-electron chi connectivity index (χ3n) is 3.71. The Morgan fingerprint density at radius 1 is 1.32 bits per heavy atom. The van der Waals surface area contributed by atoms with Gasteiger partial charge in [-0.25, -0.2) is 13.1 Å². The molecule has 0 aromatic heterocycles. The zero-order valence-corrected chi connectivity index (χ0v) is 12.2. The highest BCUT2D eigenvalue weighted by molar-refractivity contribution is 7.89. The molecule has 0 radical (unpaired) electrons. The van der Waals surface area contributed by atoms with Crippen LogP contribution in [-0.2, 0) is 10.0 Å². The second-order valence-corrected chi connectivity index (χ2v) is 6.98. The number of nitrogens with one attached hydrogen (secondary N) is 1. The number of rotatable bonds is 3. The number of nitrogens with two attached hydrogens (primary N) is 1. The summed E-state index contributed by atoms with van der Waals surface area (Å²) in [6, 6.07) is 4.87. The molecule has 19 heavy (non-hydrogen) atoms. The summed E-state index contributed by atoms with van der Waals surface area (Å²) in [6.45, 7) is 4.09. The highest BCUT2D eigenvalue weighted by atomic mass is 32.2. The molecule has 0 bridgehead atoms. The summed E-state index contributed by atoms with van der Waals surface area (Å²) >= 11 is 0. The van der Waals surface area contributed by atoms with E-state index in [1.807, 2.05) is 0 Å². The van der Waals surface area contributed by atoms with Gasteiger partial charge in [0.2, 0.25) is 10.0 Å². The molecule has 1 saturated heterocycles. The first-order valence-corrected chi connectivity index (χ1v) is 8.00. The van der Waals surface area contributed by atoms with E-state index in [-0.39, 0.29) is 4.90 Å². The molecule has 1 fully saturated rings. The average Bonchev–Trinajstić information content (AvgIpc) is 2.40. The Morgan fingerprint density at radius 3 is 2.53 bits per heavy atom. The molecule has 1 aromatic rings. The number of hydrogen-bond acceptors (Lipinski definition) is 4. The lowest BCUT2D eigenvalue weighted by Crippen LogP contribution is -2.33. The normalized spacial score (nSPS) is 17.7. The molecule has 5 nitrogen and oxygen atoms in total. The number of nitrogen functional groups attached to an aromatic ring is 1. The molecule has 1 aliphatic heterocycles. The second-order valence-electron chi connectivity index (χ2n) is 5.10. The molecule has 106 valence electrons. The van der Waals surface area contributed by atoms with Gasteiger partial charge in [-0.2, -0.15) is 0 Å². The van der Waals surface area contributed by atoms with Gasteiger partial charge in [0.05, 0.1) is 16.3 Å². The Hall–Kier alpha value is -1.27. The molecular formula is C13H21N3O2S. The van der Waals surface area contributed by atoms with Crippen molar-refractivity contribution < 1.29 is 8.42 Å². The van der Waals surface area contributed by atoms with Crippen molar-refractivity contribution in [3.05, 3.63) is 18.2 Å². The molecule has 0 saturated carbocycles. The topological polar surface area (TPSA) is 75.4 Å². The van der Waals surface area contributed by atoms with Gasteiger partial charge in [0.15, 0.2) is 0 Å². The molecule has 0 atom stereocenters. The van der Waals surface area contributed by atoms with E-state index in [1.165, 1.54) is 13.1 Å². The zero-order chi connectivity index (χ0) is 14.0. The molecular weight excluding hydrogens is 262 g/mol. The van der Waals surface area contributed by atoms with E-state index in [0.29, 0.717) is 5.69 Å². The predicted molar refractivity (Wildman–Crippen MR) is 77.7 cm³/mol. The Kier molecular flexibility index (Phi) is 4.01. The summed E-state index contributed by atoms with van der Waals surface area (Å²) in [4.78, 5) is 2.43. The summed E-state index contributed by atoms with van der Waals surface area (Å²) in [5, 5.41) is 0. The van der Waals surface area contributed by atoms with Crippen LogP contribution in [0.1, 0.15) is 19.8 Å².